The number of alkyl halides is 3. The Morgan fingerprint density at radius 3 is 2.37 bits per heavy atom. The molecular formula is C13H8F3N3. The summed E-state index contributed by atoms with van der Waals surface area (Å²) in [5.41, 5.74) is 0.824. The number of para-hydroxylation sites is 1. The quantitative estimate of drug-likeness (QED) is 0.673. The van der Waals surface area contributed by atoms with Crippen LogP contribution < -0.4 is 0 Å². The molecule has 0 unspecified atom stereocenters. The normalized spacial score (nSPS) is 11.9. The number of fused-ring (bicyclic) bond motifs is 1. The third-order valence-corrected chi connectivity index (χ3v) is 2.70. The van der Waals surface area contributed by atoms with Gasteiger partial charge in [0, 0.05) is 11.9 Å². The summed E-state index contributed by atoms with van der Waals surface area (Å²) in [6.07, 6.45) is -3.11. The van der Waals surface area contributed by atoms with Crippen molar-refractivity contribution in [3.63, 3.8) is 0 Å². The summed E-state index contributed by atoms with van der Waals surface area (Å²) in [6.45, 7) is 0. The Bertz CT molecular complexity index is 717. The van der Waals surface area contributed by atoms with Crippen LogP contribution in [0.4, 0.5) is 13.2 Å². The highest BCUT2D eigenvalue weighted by molar-refractivity contribution is 5.74. The fourth-order valence-corrected chi connectivity index (χ4v) is 1.94. The van der Waals surface area contributed by atoms with Gasteiger partial charge in [-0.25, -0.2) is 9.97 Å². The Hall–Kier alpha value is -2.37. The maximum atomic E-state index is 13.1. The molecule has 0 bridgehead atoms. The van der Waals surface area contributed by atoms with Crippen LogP contribution >= 0.6 is 0 Å². The number of benzene rings is 1. The highest BCUT2D eigenvalue weighted by Crippen LogP contribution is 2.32. The van der Waals surface area contributed by atoms with Crippen LogP contribution in [-0.2, 0) is 6.18 Å². The number of aromatic nitrogens is 3. The maximum absolute atomic E-state index is 13.1. The van der Waals surface area contributed by atoms with Crippen LogP contribution in [0.25, 0.3) is 16.9 Å². The monoisotopic (exact) mass is 263 g/mol. The average molecular weight is 263 g/mol. The second kappa shape index (κ2) is 4.08. The molecule has 0 aliphatic rings. The minimum absolute atomic E-state index is 0.0821. The van der Waals surface area contributed by atoms with Crippen LogP contribution in [0.5, 0.6) is 0 Å². The standard InChI is InChI=1S/C13H8F3N3/c14-13(15,16)12-18-11-10(7-4-8-17-11)19(12)9-5-2-1-3-6-9/h1-8H. The molecular weight excluding hydrogens is 255 g/mol. The summed E-state index contributed by atoms with van der Waals surface area (Å²) in [6, 6.07) is 11.5. The molecule has 0 atom stereocenters. The van der Waals surface area contributed by atoms with Crippen molar-refractivity contribution in [3.05, 3.63) is 54.5 Å². The van der Waals surface area contributed by atoms with Crippen molar-refractivity contribution in [2.24, 2.45) is 0 Å². The van der Waals surface area contributed by atoms with Crippen molar-refractivity contribution in [2.75, 3.05) is 0 Å². The van der Waals surface area contributed by atoms with E-state index in [1.165, 1.54) is 6.20 Å². The van der Waals surface area contributed by atoms with E-state index in [9.17, 15) is 13.2 Å². The topological polar surface area (TPSA) is 30.7 Å². The van der Waals surface area contributed by atoms with Gasteiger partial charge in [0.1, 0.15) is 0 Å². The molecule has 0 fully saturated rings. The molecule has 0 radical (unpaired) electrons. The first-order chi connectivity index (χ1) is 9.07. The molecule has 0 aliphatic heterocycles. The van der Waals surface area contributed by atoms with E-state index >= 15 is 0 Å². The van der Waals surface area contributed by atoms with Crippen molar-refractivity contribution < 1.29 is 13.2 Å². The maximum Gasteiger partial charge on any atom is 0.450 e. The van der Waals surface area contributed by atoms with E-state index in [2.05, 4.69) is 9.97 Å². The third-order valence-electron chi connectivity index (χ3n) is 2.70. The second-order valence-electron chi connectivity index (χ2n) is 3.95. The lowest BCUT2D eigenvalue weighted by Crippen LogP contribution is -2.13. The van der Waals surface area contributed by atoms with Crippen LogP contribution in [0.15, 0.2) is 48.7 Å². The van der Waals surface area contributed by atoms with Crippen molar-refractivity contribution >= 4 is 11.2 Å². The first-order valence-corrected chi connectivity index (χ1v) is 5.53. The number of imidazole rings is 1. The number of hydrogen-bond acceptors (Lipinski definition) is 2. The van der Waals surface area contributed by atoms with Crippen molar-refractivity contribution in [3.8, 4) is 5.69 Å². The Labute approximate surface area is 106 Å². The lowest BCUT2D eigenvalue weighted by Gasteiger charge is -2.10. The van der Waals surface area contributed by atoms with Gasteiger partial charge in [0.15, 0.2) is 5.65 Å². The summed E-state index contributed by atoms with van der Waals surface area (Å²) >= 11 is 0. The van der Waals surface area contributed by atoms with Crippen molar-refractivity contribution in [2.45, 2.75) is 6.18 Å². The van der Waals surface area contributed by atoms with Gasteiger partial charge in [-0.3, -0.25) is 4.57 Å². The molecule has 0 saturated carbocycles. The lowest BCUT2D eigenvalue weighted by atomic mass is 10.3. The van der Waals surface area contributed by atoms with Gasteiger partial charge in [-0.05, 0) is 24.3 Å². The van der Waals surface area contributed by atoms with E-state index in [-0.39, 0.29) is 5.65 Å². The molecule has 0 aliphatic carbocycles. The Kier molecular flexibility index (Phi) is 2.51. The minimum Gasteiger partial charge on any atom is -0.287 e. The number of rotatable bonds is 1. The van der Waals surface area contributed by atoms with Crippen LogP contribution in [0.1, 0.15) is 5.82 Å². The average Bonchev–Trinajstić information content (AvgIpc) is 2.79. The van der Waals surface area contributed by atoms with Gasteiger partial charge >= 0.3 is 6.18 Å². The van der Waals surface area contributed by atoms with Crippen molar-refractivity contribution in [1.29, 1.82) is 0 Å². The zero-order chi connectivity index (χ0) is 13.5. The molecule has 2 aromatic heterocycles. The summed E-state index contributed by atoms with van der Waals surface area (Å²) in [5.74, 6) is -0.965. The molecule has 0 amide bonds. The molecule has 19 heavy (non-hydrogen) atoms. The number of pyridine rings is 1. The first-order valence-electron chi connectivity index (χ1n) is 5.53. The second-order valence-corrected chi connectivity index (χ2v) is 3.95. The highest BCUT2D eigenvalue weighted by Gasteiger charge is 2.38. The molecule has 0 N–H and O–H groups in total. The summed E-state index contributed by atoms with van der Waals surface area (Å²) in [5, 5.41) is 0. The van der Waals surface area contributed by atoms with Gasteiger partial charge < -0.3 is 0 Å². The molecule has 96 valence electrons. The summed E-state index contributed by atoms with van der Waals surface area (Å²) in [4.78, 5) is 7.46. The Morgan fingerprint density at radius 2 is 1.68 bits per heavy atom. The summed E-state index contributed by atoms with van der Waals surface area (Å²) in [7, 11) is 0. The van der Waals surface area contributed by atoms with E-state index in [4.69, 9.17) is 0 Å². The van der Waals surface area contributed by atoms with E-state index in [0.29, 0.717) is 11.2 Å². The number of hydrogen-bond donors (Lipinski definition) is 0. The predicted octanol–water partition coefficient (Wildman–Crippen LogP) is 3.44. The van der Waals surface area contributed by atoms with E-state index in [0.717, 1.165) is 4.57 Å². The van der Waals surface area contributed by atoms with Gasteiger partial charge in [-0.1, -0.05) is 18.2 Å². The van der Waals surface area contributed by atoms with E-state index < -0.39 is 12.0 Å². The Morgan fingerprint density at radius 1 is 0.947 bits per heavy atom. The number of halogens is 3. The SMILES string of the molecule is FC(F)(F)c1nc2ncccc2n1-c1ccccc1. The van der Waals surface area contributed by atoms with Gasteiger partial charge in [0.25, 0.3) is 0 Å². The molecule has 0 spiro atoms. The third kappa shape index (κ3) is 1.95. The molecule has 0 saturated heterocycles. The van der Waals surface area contributed by atoms with Crippen LogP contribution in [0, 0.1) is 0 Å². The first kappa shape index (κ1) is 11.7. The van der Waals surface area contributed by atoms with Gasteiger partial charge in [-0.15, -0.1) is 0 Å². The zero-order valence-electron chi connectivity index (χ0n) is 9.59. The highest BCUT2D eigenvalue weighted by atomic mass is 19.4. The largest absolute Gasteiger partial charge is 0.450 e. The molecule has 2 heterocycles. The van der Waals surface area contributed by atoms with Crippen LogP contribution in [0.2, 0.25) is 0 Å². The molecule has 6 heteroatoms. The summed E-state index contributed by atoms with van der Waals surface area (Å²) < 4.78 is 40.3. The van der Waals surface area contributed by atoms with Crippen LogP contribution in [0.3, 0.4) is 0 Å². The van der Waals surface area contributed by atoms with E-state index in [1.54, 1.807) is 42.5 Å². The Balaban J connectivity index is 2.38. The number of nitrogens with zero attached hydrogens (tertiary/aromatic N) is 3. The molecule has 1 aromatic carbocycles. The van der Waals surface area contributed by atoms with Crippen molar-refractivity contribution in [1.82, 2.24) is 14.5 Å². The van der Waals surface area contributed by atoms with Gasteiger partial charge in [-0.2, -0.15) is 13.2 Å². The van der Waals surface area contributed by atoms with E-state index in [1.807, 2.05) is 0 Å². The van der Waals surface area contributed by atoms with Gasteiger partial charge in [0.2, 0.25) is 5.82 Å². The molecule has 3 nitrogen and oxygen atoms in total. The predicted molar refractivity (Wildman–Crippen MR) is 63.9 cm³/mol. The fraction of sp³-hybridized carbons (Fsp3) is 0.0769. The smallest absolute Gasteiger partial charge is 0.287 e. The van der Waals surface area contributed by atoms with Gasteiger partial charge in [0.05, 0.1) is 5.52 Å². The molecule has 3 rings (SSSR count). The zero-order valence-corrected chi connectivity index (χ0v) is 9.59. The van der Waals surface area contributed by atoms with Crippen LogP contribution in [-0.4, -0.2) is 14.5 Å². The minimum atomic E-state index is -4.53. The lowest BCUT2D eigenvalue weighted by molar-refractivity contribution is -0.145. The fourth-order valence-electron chi connectivity index (χ4n) is 1.94. The molecule has 3 aromatic rings.